The van der Waals surface area contributed by atoms with Gasteiger partial charge in [0.05, 0.1) is 18.9 Å². The van der Waals surface area contributed by atoms with Crippen LogP contribution < -0.4 is 0 Å². The molecule has 0 aromatic heterocycles. The summed E-state index contributed by atoms with van der Waals surface area (Å²) >= 11 is 0. The molecule has 0 saturated carbocycles. The third-order valence-electron chi connectivity index (χ3n) is 1.08. The van der Waals surface area contributed by atoms with Crippen molar-refractivity contribution < 1.29 is 28.4 Å². The van der Waals surface area contributed by atoms with Gasteiger partial charge in [-0.2, -0.15) is 0 Å². The Hall–Kier alpha value is 0.530. The third-order valence-corrected chi connectivity index (χ3v) is 3.23. The van der Waals surface area contributed by atoms with Gasteiger partial charge < -0.3 is 14.7 Å². The van der Waals surface area contributed by atoms with E-state index in [-0.39, 0.29) is 18.9 Å². The van der Waals surface area contributed by atoms with Gasteiger partial charge in [0.2, 0.25) is 24.1 Å². The molecule has 0 aliphatic carbocycles. The van der Waals surface area contributed by atoms with Crippen molar-refractivity contribution in [1.29, 1.82) is 0 Å². The average Bonchev–Trinajstić information content (AvgIpc) is 1.80. The van der Waals surface area contributed by atoms with Gasteiger partial charge in [0.15, 0.2) is 0 Å². The van der Waals surface area contributed by atoms with Crippen molar-refractivity contribution >= 4 is 24.1 Å². The Morgan fingerprint density at radius 3 is 1.15 bits per heavy atom. The summed E-state index contributed by atoms with van der Waals surface area (Å²) in [6.07, 6.45) is -0.963. The second-order valence-corrected chi connectivity index (χ2v) is 5.64. The molecule has 0 aromatic carbocycles. The van der Waals surface area contributed by atoms with E-state index in [1.165, 1.54) is 0 Å². The lowest BCUT2D eigenvalue weighted by atomic mass is 11.0. The van der Waals surface area contributed by atoms with Crippen molar-refractivity contribution in [2.24, 2.45) is 0 Å². The quantitative estimate of drug-likeness (QED) is 0.548. The molecular formula is C3H12NO6P3. The second kappa shape index (κ2) is 6.91. The topological polar surface area (TPSA) is 115 Å². The Balaban J connectivity index is 4.10. The monoisotopic (exact) mass is 251 g/mol. The summed E-state index contributed by atoms with van der Waals surface area (Å²) in [5, 5.41) is 0. The molecule has 0 saturated heterocycles. The predicted octanol–water partition coefficient (Wildman–Crippen LogP) is -0.438. The van der Waals surface area contributed by atoms with E-state index in [1.807, 2.05) is 0 Å². The number of rotatable bonds is 6. The van der Waals surface area contributed by atoms with Crippen LogP contribution in [0, 0.1) is 0 Å². The van der Waals surface area contributed by atoms with E-state index in [2.05, 4.69) is 0 Å². The van der Waals surface area contributed by atoms with Crippen LogP contribution in [-0.4, -0.2) is 38.4 Å². The highest BCUT2D eigenvalue weighted by Gasteiger charge is 2.11. The van der Waals surface area contributed by atoms with Gasteiger partial charge in [-0.05, 0) is 0 Å². The summed E-state index contributed by atoms with van der Waals surface area (Å²) in [4.78, 5) is 26.6. The molecule has 0 bridgehead atoms. The summed E-state index contributed by atoms with van der Waals surface area (Å²) in [5.74, 6) is 0. The van der Waals surface area contributed by atoms with Gasteiger partial charge >= 0.3 is 0 Å². The maximum Gasteiger partial charge on any atom is 0.202 e. The first-order valence-electron chi connectivity index (χ1n) is 3.29. The van der Waals surface area contributed by atoms with Crippen LogP contribution in [0.15, 0.2) is 0 Å². The minimum atomic E-state index is -2.82. The number of nitrogens with zero attached hydrogens (tertiary/aromatic N) is 1. The van der Waals surface area contributed by atoms with E-state index >= 15 is 0 Å². The maximum atomic E-state index is 10.4. The van der Waals surface area contributed by atoms with E-state index in [0.29, 0.717) is 0 Å². The molecule has 80 valence electrons. The SMILES string of the molecule is O=[PH](O)CN(C[PH](=O)O)C[PH](=O)O. The zero-order valence-electron chi connectivity index (χ0n) is 6.63. The highest BCUT2D eigenvalue weighted by molar-refractivity contribution is 7.40. The van der Waals surface area contributed by atoms with Gasteiger partial charge in [-0.25, -0.2) is 0 Å². The molecule has 0 heterocycles. The van der Waals surface area contributed by atoms with Crippen molar-refractivity contribution in [3.8, 4) is 0 Å². The Morgan fingerprint density at radius 2 is 1.00 bits per heavy atom. The summed E-state index contributed by atoms with van der Waals surface area (Å²) in [6.45, 7) is 0. The van der Waals surface area contributed by atoms with Crippen LogP contribution in [0.5, 0.6) is 0 Å². The largest absolute Gasteiger partial charge is 0.345 e. The van der Waals surface area contributed by atoms with Crippen LogP contribution >= 0.6 is 24.1 Å². The summed E-state index contributed by atoms with van der Waals surface area (Å²) in [5.41, 5.74) is 0. The van der Waals surface area contributed by atoms with Crippen LogP contribution in [0.2, 0.25) is 0 Å². The minimum absolute atomic E-state index is 0.321. The minimum Gasteiger partial charge on any atom is -0.345 e. The van der Waals surface area contributed by atoms with Crippen LogP contribution in [0.1, 0.15) is 0 Å². The van der Waals surface area contributed by atoms with E-state index < -0.39 is 24.1 Å². The van der Waals surface area contributed by atoms with E-state index in [4.69, 9.17) is 14.7 Å². The highest BCUT2D eigenvalue weighted by Crippen LogP contribution is 2.25. The van der Waals surface area contributed by atoms with Crippen LogP contribution in [-0.2, 0) is 13.7 Å². The molecule has 0 aromatic rings. The molecule has 0 radical (unpaired) electrons. The van der Waals surface area contributed by atoms with Crippen molar-refractivity contribution in [2.45, 2.75) is 0 Å². The molecule has 3 N–H and O–H groups in total. The molecule has 0 aliphatic rings. The molecule has 0 fully saturated rings. The Bertz CT molecular complexity index is 193. The Morgan fingerprint density at radius 1 is 0.769 bits per heavy atom. The molecule has 0 spiro atoms. The molecule has 3 atom stereocenters. The lowest BCUT2D eigenvalue weighted by Gasteiger charge is -2.16. The fraction of sp³-hybridized carbons (Fsp3) is 1.00. The lowest BCUT2D eigenvalue weighted by Crippen LogP contribution is -2.21. The molecular weight excluding hydrogens is 239 g/mol. The van der Waals surface area contributed by atoms with Gasteiger partial charge in [-0.3, -0.25) is 18.6 Å². The number of hydrogen-bond acceptors (Lipinski definition) is 4. The first-order valence-corrected chi connectivity index (χ1v) is 7.98. The Labute approximate surface area is 77.0 Å². The molecule has 0 rings (SSSR count). The zero-order valence-corrected chi connectivity index (χ0v) is 9.63. The highest BCUT2D eigenvalue weighted by atomic mass is 31.1. The Kier molecular flexibility index (Phi) is 7.19. The van der Waals surface area contributed by atoms with E-state index in [1.54, 1.807) is 0 Å². The third kappa shape index (κ3) is 8.85. The van der Waals surface area contributed by atoms with Gasteiger partial charge in [0.1, 0.15) is 0 Å². The standard InChI is InChI=1S/C3H12NO6P3/c5-11(6)1-4(2-12(7)8)3-13(9)10/h11-13H,1-3H2,(H,5,6)(H,7,8)(H,9,10). The second-order valence-electron chi connectivity index (χ2n) is 2.33. The van der Waals surface area contributed by atoms with E-state index in [0.717, 1.165) is 4.90 Å². The molecule has 0 amide bonds. The normalized spacial score (nSPS) is 18.5. The summed E-state index contributed by atoms with van der Waals surface area (Å²) in [7, 11) is -8.45. The van der Waals surface area contributed by atoms with E-state index in [9.17, 15) is 13.7 Å². The summed E-state index contributed by atoms with van der Waals surface area (Å²) < 4.78 is 31.1. The van der Waals surface area contributed by atoms with Gasteiger partial charge in [-0.1, -0.05) is 0 Å². The predicted molar refractivity (Wildman–Crippen MR) is 50.1 cm³/mol. The first kappa shape index (κ1) is 13.5. The molecule has 13 heavy (non-hydrogen) atoms. The number of hydrogen-bond donors (Lipinski definition) is 3. The molecule has 10 heteroatoms. The molecule has 3 unspecified atom stereocenters. The van der Waals surface area contributed by atoms with Crippen molar-refractivity contribution in [2.75, 3.05) is 18.9 Å². The smallest absolute Gasteiger partial charge is 0.202 e. The fourth-order valence-electron chi connectivity index (χ4n) is 0.742. The van der Waals surface area contributed by atoms with Gasteiger partial charge in [-0.15, -0.1) is 0 Å². The van der Waals surface area contributed by atoms with Crippen molar-refractivity contribution in [1.82, 2.24) is 4.90 Å². The van der Waals surface area contributed by atoms with Crippen LogP contribution in [0.25, 0.3) is 0 Å². The van der Waals surface area contributed by atoms with Crippen LogP contribution in [0.4, 0.5) is 0 Å². The molecule has 0 aliphatic heterocycles. The van der Waals surface area contributed by atoms with Crippen molar-refractivity contribution in [3.05, 3.63) is 0 Å². The zero-order chi connectivity index (χ0) is 10.4. The van der Waals surface area contributed by atoms with Crippen LogP contribution in [0.3, 0.4) is 0 Å². The molecule has 7 nitrogen and oxygen atoms in total. The summed E-state index contributed by atoms with van der Waals surface area (Å²) in [6, 6.07) is 0. The van der Waals surface area contributed by atoms with Gasteiger partial charge in [0.25, 0.3) is 0 Å². The first-order chi connectivity index (χ1) is 5.91. The van der Waals surface area contributed by atoms with Crippen molar-refractivity contribution in [3.63, 3.8) is 0 Å². The average molecular weight is 251 g/mol. The fourth-order valence-corrected chi connectivity index (χ4v) is 3.23. The maximum absolute atomic E-state index is 10.4. The van der Waals surface area contributed by atoms with Gasteiger partial charge in [0, 0.05) is 0 Å². The lowest BCUT2D eigenvalue weighted by molar-refractivity contribution is 0.367.